The van der Waals surface area contributed by atoms with Crippen molar-refractivity contribution in [3.8, 4) is 0 Å². The summed E-state index contributed by atoms with van der Waals surface area (Å²) in [5.74, 6) is 0.829. The SMILES string of the molecule is CC(C)(C)Nc1cc(C(=O)N2CCN(Cc3ccccc3)CC2)ccn1. The van der Waals surface area contributed by atoms with Crippen molar-refractivity contribution in [3.05, 3.63) is 59.8 Å². The number of pyridine rings is 1. The third-order valence-electron chi connectivity index (χ3n) is 4.42. The molecule has 3 rings (SSSR count). The minimum atomic E-state index is -0.0856. The molecule has 1 N–H and O–H groups in total. The van der Waals surface area contributed by atoms with Crippen LogP contribution in [0.15, 0.2) is 48.7 Å². The molecule has 2 aromatic rings. The first kappa shape index (κ1) is 18.4. The molecule has 0 radical (unpaired) electrons. The van der Waals surface area contributed by atoms with Gasteiger partial charge in [-0.1, -0.05) is 30.3 Å². The van der Waals surface area contributed by atoms with Crippen LogP contribution in [0.2, 0.25) is 0 Å². The molecule has 0 unspecified atom stereocenters. The van der Waals surface area contributed by atoms with E-state index in [2.05, 4.69) is 60.2 Å². The smallest absolute Gasteiger partial charge is 0.254 e. The lowest BCUT2D eigenvalue weighted by atomic mass is 10.1. The highest BCUT2D eigenvalue weighted by atomic mass is 16.2. The number of anilines is 1. The van der Waals surface area contributed by atoms with Crippen LogP contribution in [-0.4, -0.2) is 52.4 Å². The lowest BCUT2D eigenvalue weighted by Gasteiger charge is -2.35. The molecule has 5 heteroatoms. The maximum atomic E-state index is 12.8. The second-order valence-electron chi connectivity index (χ2n) is 7.86. The van der Waals surface area contributed by atoms with Crippen molar-refractivity contribution in [1.29, 1.82) is 0 Å². The summed E-state index contributed by atoms with van der Waals surface area (Å²) in [6, 6.07) is 14.1. The maximum absolute atomic E-state index is 12.8. The van der Waals surface area contributed by atoms with Gasteiger partial charge in [0.2, 0.25) is 0 Å². The van der Waals surface area contributed by atoms with Gasteiger partial charge in [0.05, 0.1) is 0 Å². The number of carbonyl (C=O) groups excluding carboxylic acids is 1. The van der Waals surface area contributed by atoms with Gasteiger partial charge in [0.25, 0.3) is 5.91 Å². The van der Waals surface area contributed by atoms with Crippen molar-refractivity contribution in [2.45, 2.75) is 32.9 Å². The number of aromatic nitrogens is 1. The van der Waals surface area contributed by atoms with Crippen molar-refractivity contribution in [1.82, 2.24) is 14.8 Å². The summed E-state index contributed by atoms with van der Waals surface area (Å²) < 4.78 is 0. The molecule has 26 heavy (non-hydrogen) atoms. The van der Waals surface area contributed by atoms with Gasteiger partial charge in [-0.3, -0.25) is 9.69 Å². The molecule has 0 saturated carbocycles. The van der Waals surface area contributed by atoms with E-state index in [1.165, 1.54) is 5.56 Å². The maximum Gasteiger partial charge on any atom is 0.254 e. The molecule has 1 amide bonds. The number of amides is 1. The van der Waals surface area contributed by atoms with Crippen LogP contribution < -0.4 is 5.32 Å². The van der Waals surface area contributed by atoms with Gasteiger partial charge < -0.3 is 10.2 Å². The molecule has 138 valence electrons. The molecule has 0 spiro atoms. The fourth-order valence-electron chi connectivity index (χ4n) is 3.15. The Bertz CT molecular complexity index is 731. The fraction of sp³-hybridized carbons (Fsp3) is 0.429. The number of piperazine rings is 1. The largest absolute Gasteiger partial charge is 0.365 e. The van der Waals surface area contributed by atoms with E-state index < -0.39 is 0 Å². The van der Waals surface area contributed by atoms with Gasteiger partial charge in [-0.25, -0.2) is 4.98 Å². The summed E-state index contributed by atoms with van der Waals surface area (Å²) >= 11 is 0. The highest BCUT2D eigenvalue weighted by Crippen LogP contribution is 2.16. The summed E-state index contributed by atoms with van der Waals surface area (Å²) in [6.45, 7) is 10.5. The Morgan fingerprint density at radius 2 is 1.77 bits per heavy atom. The first-order valence-corrected chi connectivity index (χ1v) is 9.20. The molecule has 0 atom stereocenters. The number of hydrogen-bond donors (Lipinski definition) is 1. The Hall–Kier alpha value is -2.40. The zero-order valence-electron chi connectivity index (χ0n) is 15.9. The van der Waals surface area contributed by atoms with Gasteiger partial charge in [0, 0.05) is 50.0 Å². The zero-order chi connectivity index (χ0) is 18.6. The Balaban J connectivity index is 1.57. The number of benzene rings is 1. The summed E-state index contributed by atoms with van der Waals surface area (Å²) in [6.07, 6.45) is 1.70. The number of nitrogens with one attached hydrogen (secondary N) is 1. The lowest BCUT2D eigenvalue weighted by molar-refractivity contribution is 0.0628. The zero-order valence-corrected chi connectivity index (χ0v) is 15.9. The van der Waals surface area contributed by atoms with Crippen LogP contribution in [0, 0.1) is 0 Å². The second kappa shape index (κ2) is 7.87. The Morgan fingerprint density at radius 1 is 1.08 bits per heavy atom. The Labute approximate surface area is 156 Å². The molecule has 1 saturated heterocycles. The average molecular weight is 352 g/mol. The molecule has 2 heterocycles. The van der Waals surface area contributed by atoms with Crippen LogP contribution in [0.25, 0.3) is 0 Å². The standard InChI is InChI=1S/C21H28N4O/c1-21(2,3)23-19-15-18(9-10-22-19)20(26)25-13-11-24(12-14-25)16-17-7-5-4-6-8-17/h4-10,15H,11-14,16H2,1-3H3,(H,22,23). The number of nitrogens with zero attached hydrogens (tertiary/aromatic N) is 3. The second-order valence-corrected chi connectivity index (χ2v) is 7.86. The predicted molar refractivity (Wildman–Crippen MR) is 105 cm³/mol. The minimum absolute atomic E-state index is 0.0856. The van der Waals surface area contributed by atoms with Crippen molar-refractivity contribution >= 4 is 11.7 Å². The van der Waals surface area contributed by atoms with Gasteiger partial charge in [-0.05, 0) is 38.5 Å². The summed E-state index contributed by atoms with van der Waals surface area (Å²) in [5, 5.41) is 3.32. The molecule has 1 aliphatic rings. The first-order chi connectivity index (χ1) is 12.4. The average Bonchev–Trinajstić information content (AvgIpc) is 2.61. The highest BCUT2D eigenvalue weighted by Gasteiger charge is 2.22. The predicted octanol–water partition coefficient (Wildman–Crippen LogP) is 3.25. The molecule has 1 aromatic heterocycles. The van der Waals surface area contributed by atoms with Crippen molar-refractivity contribution in [3.63, 3.8) is 0 Å². The molecule has 1 aliphatic heterocycles. The van der Waals surface area contributed by atoms with Gasteiger partial charge in [0.1, 0.15) is 5.82 Å². The summed E-state index contributed by atoms with van der Waals surface area (Å²) in [7, 11) is 0. The van der Waals surface area contributed by atoms with E-state index in [0.717, 1.165) is 38.5 Å². The van der Waals surface area contributed by atoms with E-state index in [-0.39, 0.29) is 11.4 Å². The molecule has 1 fully saturated rings. The molecule has 0 aliphatic carbocycles. The Kier molecular flexibility index (Phi) is 5.57. The fourth-order valence-corrected chi connectivity index (χ4v) is 3.15. The van der Waals surface area contributed by atoms with Gasteiger partial charge in [0.15, 0.2) is 0 Å². The lowest BCUT2D eigenvalue weighted by Crippen LogP contribution is -2.48. The van der Waals surface area contributed by atoms with E-state index in [1.54, 1.807) is 12.3 Å². The minimum Gasteiger partial charge on any atom is -0.365 e. The van der Waals surface area contributed by atoms with Crippen LogP contribution in [0.5, 0.6) is 0 Å². The molecule has 0 bridgehead atoms. The van der Waals surface area contributed by atoms with E-state index in [9.17, 15) is 4.79 Å². The summed E-state index contributed by atoms with van der Waals surface area (Å²) in [4.78, 5) is 21.5. The monoisotopic (exact) mass is 352 g/mol. The van der Waals surface area contributed by atoms with E-state index in [1.807, 2.05) is 17.0 Å². The molecule has 5 nitrogen and oxygen atoms in total. The van der Waals surface area contributed by atoms with E-state index in [4.69, 9.17) is 0 Å². The van der Waals surface area contributed by atoms with Crippen LogP contribution in [0.1, 0.15) is 36.7 Å². The number of hydrogen-bond acceptors (Lipinski definition) is 4. The Morgan fingerprint density at radius 3 is 2.42 bits per heavy atom. The van der Waals surface area contributed by atoms with Gasteiger partial charge in [-0.2, -0.15) is 0 Å². The van der Waals surface area contributed by atoms with Crippen LogP contribution in [0.3, 0.4) is 0 Å². The van der Waals surface area contributed by atoms with Crippen molar-refractivity contribution in [2.24, 2.45) is 0 Å². The van der Waals surface area contributed by atoms with Crippen LogP contribution in [-0.2, 0) is 6.54 Å². The highest BCUT2D eigenvalue weighted by molar-refractivity contribution is 5.94. The molecule has 1 aromatic carbocycles. The number of carbonyl (C=O) groups is 1. The third kappa shape index (κ3) is 5.05. The molecular weight excluding hydrogens is 324 g/mol. The summed E-state index contributed by atoms with van der Waals surface area (Å²) in [5.41, 5.74) is 1.93. The van der Waals surface area contributed by atoms with Crippen molar-refractivity contribution in [2.75, 3.05) is 31.5 Å². The topological polar surface area (TPSA) is 48.5 Å². The molecular formula is C21H28N4O. The third-order valence-corrected chi connectivity index (χ3v) is 4.42. The van der Waals surface area contributed by atoms with Gasteiger partial charge >= 0.3 is 0 Å². The number of rotatable bonds is 4. The van der Waals surface area contributed by atoms with Gasteiger partial charge in [-0.15, -0.1) is 0 Å². The van der Waals surface area contributed by atoms with E-state index >= 15 is 0 Å². The van der Waals surface area contributed by atoms with E-state index in [0.29, 0.717) is 5.56 Å². The van der Waals surface area contributed by atoms with Crippen LogP contribution in [0.4, 0.5) is 5.82 Å². The normalized spacial score (nSPS) is 15.7. The van der Waals surface area contributed by atoms with Crippen LogP contribution >= 0.6 is 0 Å². The first-order valence-electron chi connectivity index (χ1n) is 9.20. The van der Waals surface area contributed by atoms with Crippen molar-refractivity contribution < 1.29 is 4.79 Å². The quantitative estimate of drug-likeness (QED) is 0.918.